The average molecular weight is 424 g/mol. The lowest BCUT2D eigenvalue weighted by Gasteiger charge is -2.15. The first-order chi connectivity index (χ1) is 14.6. The summed E-state index contributed by atoms with van der Waals surface area (Å²) < 4.78 is 11.1. The van der Waals surface area contributed by atoms with Gasteiger partial charge in [-0.3, -0.25) is 4.79 Å². The Morgan fingerprint density at radius 2 is 1.87 bits per heavy atom. The number of fused-ring (bicyclic) bond motifs is 2. The van der Waals surface area contributed by atoms with Crippen LogP contribution in [0.3, 0.4) is 0 Å². The van der Waals surface area contributed by atoms with Gasteiger partial charge in [-0.05, 0) is 68.0 Å². The third-order valence-electron chi connectivity index (χ3n) is 5.29. The molecule has 0 aliphatic heterocycles. The van der Waals surface area contributed by atoms with E-state index in [2.05, 4.69) is 5.32 Å². The smallest absolute Gasteiger partial charge is 0.341 e. The second-order valence-electron chi connectivity index (χ2n) is 7.39. The lowest BCUT2D eigenvalue weighted by Crippen LogP contribution is -2.30. The van der Waals surface area contributed by atoms with Crippen molar-refractivity contribution < 1.29 is 19.1 Å². The third-order valence-corrected chi connectivity index (χ3v) is 6.50. The lowest BCUT2D eigenvalue weighted by atomic mass is 9.95. The van der Waals surface area contributed by atoms with Crippen molar-refractivity contribution in [2.24, 2.45) is 0 Å². The normalized spacial score (nSPS) is 14.1. The highest BCUT2D eigenvalue weighted by Gasteiger charge is 2.28. The van der Waals surface area contributed by atoms with Gasteiger partial charge in [0, 0.05) is 4.88 Å². The molecule has 4 rings (SSSR count). The predicted molar refractivity (Wildman–Crippen MR) is 120 cm³/mol. The topological polar surface area (TPSA) is 64.6 Å². The Bertz CT molecular complexity index is 1090. The van der Waals surface area contributed by atoms with E-state index in [9.17, 15) is 9.59 Å². The monoisotopic (exact) mass is 423 g/mol. The van der Waals surface area contributed by atoms with E-state index in [1.165, 1.54) is 16.2 Å². The van der Waals surface area contributed by atoms with Gasteiger partial charge in [0.05, 0.1) is 12.2 Å². The SMILES string of the molecule is CCOC(=O)c1c(NC(=O)[C@@H](C)Oc2ccc3ccccc3c2)sc2c1CCCC2. The minimum absolute atomic E-state index is 0.285. The van der Waals surface area contributed by atoms with Crippen molar-refractivity contribution in [1.82, 2.24) is 0 Å². The van der Waals surface area contributed by atoms with Gasteiger partial charge in [-0.1, -0.05) is 30.3 Å². The van der Waals surface area contributed by atoms with E-state index in [4.69, 9.17) is 9.47 Å². The van der Waals surface area contributed by atoms with Gasteiger partial charge in [0.2, 0.25) is 0 Å². The molecule has 0 saturated heterocycles. The zero-order chi connectivity index (χ0) is 21.1. The number of nitrogens with one attached hydrogen (secondary N) is 1. The number of carbonyl (C=O) groups excluding carboxylic acids is 2. The van der Waals surface area contributed by atoms with E-state index in [-0.39, 0.29) is 11.9 Å². The van der Waals surface area contributed by atoms with E-state index in [0.29, 0.717) is 22.9 Å². The minimum Gasteiger partial charge on any atom is -0.481 e. The molecule has 0 radical (unpaired) electrons. The molecule has 1 N–H and O–H groups in total. The summed E-state index contributed by atoms with van der Waals surface area (Å²) in [4.78, 5) is 26.6. The van der Waals surface area contributed by atoms with Gasteiger partial charge in [0.25, 0.3) is 5.91 Å². The average Bonchev–Trinajstić information content (AvgIpc) is 3.11. The largest absolute Gasteiger partial charge is 0.481 e. The van der Waals surface area contributed by atoms with Crippen LogP contribution in [0, 0.1) is 0 Å². The quantitative estimate of drug-likeness (QED) is 0.542. The van der Waals surface area contributed by atoms with Crippen molar-refractivity contribution >= 4 is 39.0 Å². The van der Waals surface area contributed by atoms with Crippen LogP contribution < -0.4 is 10.1 Å². The van der Waals surface area contributed by atoms with Gasteiger partial charge in [0.1, 0.15) is 10.8 Å². The maximum atomic E-state index is 12.8. The number of amides is 1. The van der Waals surface area contributed by atoms with Crippen LogP contribution in [0.25, 0.3) is 10.8 Å². The predicted octanol–water partition coefficient (Wildman–Crippen LogP) is 5.36. The first kappa shape index (κ1) is 20.4. The number of esters is 1. The fraction of sp³-hybridized carbons (Fsp3) is 0.333. The highest BCUT2D eigenvalue weighted by Crippen LogP contribution is 2.38. The maximum absolute atomic E-state index is 12.8. The summed E-state index contributed by atoms with van der Waals surface area (Å²) in [7, 11) is 0. The van der Waals surface area contributed by atoms with E-state index in [1.807, 2.05) is 42.5 Å². The van der Waals surface area contributed by atoms with Crippen LogP contribution in [0.15, 0.2) is 42.5 Å². The number of anilines is 1. The van der Waals surface area contributed by atoms with Gasteiger partial charge in [-0.15, -0.1) is 11.3 Å². The van der Waals surface area contributed by atoms with E-state index in [1.54, 1.807) is 13.8 Å². The molecule has 0 bridgehead atoms. The van der Waals surface area contributed by atoms with Crippen molar-refractivity contribution in [2.75, 3.05) is 11.9 Å². The van der Waals surface area contributed by atoms with Gasteiger partial charge in [0.15, 0.2) is 6.10 Å². The van der Waals surface area contributed by atoms with E-state index < -0.39 is 6.10 Å². The molecule has 0 saturated carbocycles. The Hall–Kier alpha value is -2.86. The number of rotatable bonds is 6. The third kappa shape index (κ3) is 4.19. The molecule has 6 heteroatoms. The summed E-state index contributed by atoms with van der Waals surface area (Å²) >= 11 is 1.48. The molecular formula is C24H25NO4S. The fourth-order valence-corrected chi connectivity index (χ4v) is 5.07. The minimum atomic E-state index is -0.708. The van der Waals surface area contributed by atoms with Crippen LogP contribution in [0.1, 0.15) is 47.5 Å². The van der Waals surface area contributed by atoms with Crippen molar-refractivity contribution in [3.8, 4) is 5.75 Å². The van der Waals surface area contributed by atoms with Gasteiger partial charge < -0.3 is 14.8 Å². The van der Waals surface area contributed by atoms with Crippen molar-refractivity contribution in [1.29, 1.82) is 0 Å². The first-order valence-corrected chi connectivity index (χ1v) is 11.2. The molecule has 1 aliphatic carbocycles. The number of thiophene rings is 1. The van der Waals surface area contributed by atoms with Crippen LogP contribution in [-0.2, 0) is 22.4 Å². The highest BCUT2D eigenvalue weighted by molar-refractivity contribution is 7.17. The standard InChI is InChI=1S/C24H25NO4S/c1-3-28-24(27)21-19-10-6-7-11-20(19)30-23(21)25-22(26)15(2)29-18-13-12-16-8-4-5-9-17(16)14-18/h4-5,8-9,12-15H,3,6-7,10-11H2,1-2H3,(H,25,26)/t15-/m1/s1. The molecule has 0 fully saturated rings. The van der Waals surface area contributed by atoms with Gasteiger partial charge >= 0.3 is 5.97 Å². The molecule has 0 spiro atoms. The summed E-state index contributed by atoms with van der Waals surface area (Å²) in [6.45, 7) is 3.80. The molecular weight excluding hydrogens is 398 g/mol. The first-order valence-electron chi connectivity index (χ1n) is 10.3. The van der Waals surface area contributed by atoms with E-state index >= 15 is 0 Å². The van der Waals surface area contributed by atoms with Crippen LogP contribution in [0.4, 0.5) is 5.00 Å². The molecule has 1 aromatic heterocycles. The van der Waals surface area contributed by atoms with Crippen LogP contribution in [-0.4, -0.2) is 24.6 Å². The van der Waals surface area contributed by atoms with Crippen molar-refractivity contribution in [3.05, 3.63) is 58.5 Å². The Labute approximate surface area is 180 Å². The van der Waals surface area contributed by atoms with Crippen LogP contribution in [0.5, 0.6) is 5.75 Å². The van der Waals surface area contributed by atoms with Crippen molar-refractivity contribution in [3.63, 3.8) is 0 Å². The molecule has 156 valence electrons. The highest BCUT2D eigenvalue weighted by atomic mass is 32.1. The summed E-state index contributed by atoms with van der Waals surface area (Å²) in [5.74, 6) is -0.0185. The molecule has 3 aromatic rings. The van der Waals surface area contributed by atoms with Gasteiger partial charge in [-0.25, -0.2) is 4.79 Å². The number of ether oxygens (including phenoxy) is 2. The van der Waals surface area contributed by atoms with Crippen LogP contribution in [0.2, 0.25) is 0 Å². The maximum Gasteiger partial charge on any atom is 0.341 e. The second kappa shape index (κ2) is 8.88. The molecule has 2 aromatic carbocycles. The zero-order valence-electron chi connectivity index (χ0n) is 17.2. The molecule has 30 heavy (non-hydrogen) atoms. The summed E-state index contributed by atoms with van der Waals surface area (Å²) in [5.41, 5.74) is 1.55. The second-order valence-corrected chi connectivity index (χ2v) is 8.50. The summed E-state index contributed by atoms with van der Waals surface area (Å²) in [6, 6.07) is 13.8. The molecule has 1 atom stereocenters. The Balaban J connectivity index is 1.52. The summed E-state index contributed by atoms with van der Waals surface area (Å²) in [5, 5.41) is 5.66. The molecule has 1 heterocycles. The fourth-order valence-electron chi connectivity index (χ4n) is 3.79. The van der Waals surface area contributed by atoms with Gasteiger partial charge in [-0.2, -0.15) is 0 Å². The Morgan fingerprint density at radius 3 is 2.67 bits per heavy atom. The number of aryl methyl sites for hydroxylation is 1. The van der Waals surface area contributed by atoms with Crippen LogP contribution >= 0.6 is 11.3 Å². The Morgan fingerprint density at radius 1 is 1.10 bits per heavy atom. The lowest BCUT2D eigenvalue weighted by molar-refractivity contribution is -0.122. The Kier molecular flexibility index (Phi) is 6.04. The van der Waals surface area contributed by atoms with Crippen molar-refractivity contribution in [2.45, 2.75) is 45.6 Å². The van der Waals surface area contributed by atoms with E-state index in [0.717, 1.165) is 42.0 Å². The number of hydrogen-bond acceptors (Lipinski definition) is 5. The number of benzene rings is 2. The number of carbonyl (C=O) groups is 2. The molecule has 5 nitrogen and oxygen atoms in total. The number of hydrogen-bond donors (Lipinski definition) is 1. The molecule has 1 aliphatic rings. The molecule has 0 unspecified atom stereocenters. The summed E-state index contributed by atoms with van der Waals surface area (Å²) in [6.07, 6.45) is 3.22. The molecule has 1 amide bonds. The zero-order valence-corrected chi connectivity index (χ0v) is 18.0.